The molecular weight excluding hydrogens is 450 g/mol. The van der Waals surface area contributed by atoms with Crippen molar-refractivity contribution < 1.29 is 39.3 Å². The Kier molecular flexibility index (Phi) is 14.7. The quantitative estimate of drug-likeness (QED) is 0.107. The van der Waals surface area contributed by atoms with Gasteiger partial charge in [0.25, 0.3) is 0 Å². The molecule has 0 spiro atoms. The second-order valence-corrected chi connectivity index (χ2v) is 8.64. The number of nitrogens with two attached hydrogens (primary N) is 2. The first-order valence-corrected chi connectivity index (χ1v) is 11.3. The highest BCUT2D eigenvalue weighted by atomic mass is 16.4. The van der Waals surface area contributed by atoms with Crippen molar-refractivity contribution in [3.05, 3.63) is 0 Å². The summed E-state index contributed by atoms with van der Waals surface area (Å²) in [4.78, 5) is 60.1. The minimum atomic E-state index is -1.57. The molecular formula is C21H39N5O8. The van der Waals surface area contributed by atoms with Gasteiger partial charge in [-0.3, -0.25) is 19.2 Å². The molecule has 196 valence electrons. The molecule has 0 fully saturated rings. The first-order valence-electron chi connectivity index (χ1n) is 11.3. The van der Waals surface area contributed by atoms with Crippen LogP contribution in [0.5, 0.6) is 0 Å². The van der Waals surface area contributed by atoms with Gasteiger partial charge in [-0.1, -0.05) is 13.8 Å². The lowest BCUT2D eigenvalue weighted by Crippen LogP contribution is -2.58. The fourth-order valence-electron chi connectivity index (χ4n) is 3.07. The lowest BCUT2D eigenvalue weighted by Gasteiger charge is -2.26. The monoisotopic (exact) mass is 489 g/mol. The Bertz CT molecular complexity index is 701. The average molecular weight is 490 g/mol. The van der Waals surface area contributed by atoms with E-state index < -0.39 is 59.9 Å². The van der Waals surface area contributed by atoms with Gasteiger partial charge in [-0.2, -0.15) is 0 Å². The number of carbonyl (C=O) groups is 5. The molecule has 3 amide bonds. The maximum atomic E-state index is 13.0. The van der Waals surface area contributed by atoms with E-state index in [1.165, 1.54) is 6.92 Å². The van der Waals surface area contributed by atoms with Crippen LogP contribution in [0.15, 0.2) is 0 Å². The summed E-state index contributed by atoms with van der Waals surface area (Å²) < 4.78 is 0. The Labute approximate surface area is 199 Å². The van der Waals surface area contributed by atoms with Gasteiger partial charge in [0.2, 0.25) is 17.7 Å². The lowest BCUT2D eigenvalue weighted by atomic mass is 10.0. The summed E-state index contributed by atoms with van der Waals surface area (Å²) in [5.41, 5.74) is 11.2. The van der Waals surface area contributed by atoms with E-state index in [0.29, 0.717) is 19.4 Å². The maximum Gasteiger partial charge on any atom is 0.328 e. The molecule has 0 aromatic carbocycles. The van der Waals surface area contributed by atoms with E-state index in [2.05, 4.69) is 16.0 Å². The third-order valence-electron chi connectivity index (χ3n) is 4.97. The van der Waals surface area contributed by atoms with E-state index >= 15 is 0 Å². The average Bonchev–Trinajstić information content (AvgIpc) is 2.73. The number of hydrogen-bond acceptors (Lipinski definition) is 8. The third kappa shape index (κ3) is 12.5. The molecule has 0 aromatic rings. The molecule has 0 saturated carbocycles. The standard InChI is InChI=1S/C21H39N5O8/c1-11(2)10-15(25-18(30)13(23)7-8-16(28)29)20(32)24-14(6-4-5-9-22)19(31)26-17(12(3)27)21(33)34/h11-15,17,27H,4-10,22-23H2,1-3H3,(H,24,32)(H,25,30)(H,26,31)(H,28,29)(H,33,34). The maximum absolute atomic E-state index is 13.0. The molecule has 0 heterocycles. The van der Waals surface area contributed by atoms with Gasteiger partial charge in [-0.15, -0.1) is 0 Å². The van der Waals surface area contributed by atoms with Gasteiger partial charge < -0.3 is 42.7 Å². The van der Waals surface area contributed by atoms with Gasteiger partial charge in [-0.25, -0.2) is 4.79 Å². The van der Waals surface area contributed by atoms with Crippen LogP contribution in [-0.2, 0) is 24.0 Å². The molecule has 13 nitrogen and oxygen atoms in total. The summed E-state index contributed by atoms with van der Waals surface area (Å²) in [7, 11) is 0. The van der Waals surface area contributed by atoms with E-state index in [-0.39, 0.29) is 31.6 Å². The predicted octanol–water partition coefficient (Wildman–Crippen LogP) is -1.73. The van der Waals surface area contributed by atoms with Crippen LogP contribution >= 0.6 is 0 Å². The molecule has 0 rings (SSSR count). The number of rotatable bonds is 17. The molecule has 0 saturated heterocycles. The Morgan fingerprint density at radius 1 is 0.824 bits per heavy atom. The van der Waals surface area contributed by atoms with Crippen LogP contribution in [0.3, 0.4) is 0 Å². The van der Waals surface area contributed by atoms with Crippen molar-refractivity contribution in [3.63, 3.8) is 0 Å². The first-order chi connectivity index (χ1) is 15.8. The number of carbonyl (C=O) groups excluding carboxylic acids is 3. The van der Waals surface area contributed by atoms with Gasteiger partial charge in [0, 0.05) is 6.42 Å². The van der Waals surface area contributed by atoms with Crippen molar-refractivity contribution >= 4 is 29.7 Å². The zero-order valence-corrected chi connectivity index (χ0v) is 20.0. The Hall–Kier alpha value is -2.77. The van der Waals surface area contributed by atoms with Crippen molar-refractivity contribution in [1.82, 2.24) is 16.0 Å². The van der Waals surface area contributed by atoms with Crippen LogP contribution in [0, 0.1) is 5.92 Å². The molecule has 34 heavy (non-hydrogen) atoms. The molecule has 5 unspecified atom stereocenters. The van der Waals surface area contributed by atoms with Crippen LogP contribution in [-0.4, -0.2) is 81.8 Å². The molecule has 0 radical (unpaired) electrons. The largest absolute Gasteiger partial charge is 0.481 e. The van der Waals surface area contributed by atoms with E-state index in [1.54, 1.807) is 0 Å². The molecule has 0 bridgehead atoms. The number of carboxylic acids is 2. The van der Waals surface area contributed by atoms with Crippen molar-refractivity contribution in [1.29, 1.82) is 0 Å². The SMILES string of the molecule is CC(C)CC(NC(=O)C(N)CCC(=O)O)C(=O)NC(CCCCN)C(=O)NC(C(=O)O)C(C)O. The normalized spacial score (nSPS) is 15.5. The van der Waals surface area contributed by atoms with Crippen LogP contribution in [0.2, 0.25) is 0 Å². The summed E-state index contributed by atoms with van der Waals surface area (Å²) in [5, 5.41) is 34.9. The number of amides is 3. The summed E-state index contributed by atoms with van der Waals surface area (Å²) in [6.07, 6.45) is -0.412. The zero-order chi connectivity index (χ0) is 26.4. The van der Waals surface area contributed by atoms with Crippen LogP contribution in [0.4, 0.5) is 0 Å². The highest BCUT2D eigenvalue weighted by molar-refractivity contribution is 5.94. The second-order valence-electron chi connectivity index (χ2n) is 8.64. The second kappa shape index (κ2) is 16.0. The Balaban J connectivity index is 5.48. The Morgan fingerprint density at radius 2 is 1.38 bits per heavy atom. The fourth-order valence-corrected chi connectivity index (χ4v) is 3.07. The van der Waals surface area contributed by atoms with E-state index in [1.807, 2.05) is 13.8 Å². The van der Waals surface area contributed by atoms with Crippen LogP contribution in [0.25, 0.3) is 0 Å². The number of aliphatic carboxylic acids is 2. The van der Waals surface area contributed by atoms with Crippen molar-refractivity contribution in [2.75, 3.05) is 6.54 Å². The molecule has 13 heteroatoms. The number of unbranched alkanes of at least 4 members (excludes halogenated alkanes) is 1. The highest BCUT2D eigenvalue weighted by Crippen LogP contribution is 2.09. The van der Waals surface area contributed by atoms with Gasteiger partial charge in [0.1, 0.15) is 12.1 Å². The summed E-state index contributed by atoms with van der Waals surface area (Å²) in [6.45, 7) is 5.21. The van der Waals surface area contributed by atoms with E-state index in [9.17, 15) is 34.2 Å². The number of hydrogen-bond donors (Lipinski definition) is 8. The molecule has 0 aliphatic carbocycles. The molecule has 0 aliphatic heterocycles. The van der Waals surface area contributed by atoms with Gasteiger partial charge in [0.05, 0.1) is 12.1 Å². The minimum absolute atomic E-state index is 0.0255. The molecule has 10 N–H and O–H groups in total. The summed E-state index contributed by atoms with van der Waals surface area (Å²) in [6, 6.07) is -4.89. The minimum Gasteiger partial charge on any atom is -0.481 e. The van der Waals surface area contributed by atoms with E-state index in [0.717, 1.165) is 0 Å². The fraction of sp³-hybridized carbons (Fsp3) is 0.762. The van der Waals surface area contributed by atoms with E-state index in [4.69, 9.17) is 16.6 Å². The molecule has 0 aliphatic rings. The third-order valence-corrected chi connectivity index (χ3v) is 4.97. The number of aliphatic hydroxyl groups is 1. The summed E-state index contributed by atoms with van der Waals surface area (Å²) >= 11 is 0. The highest BCUT2D eigenvalue weighted by Gasteiger charge is 2.32. The molecule has 0 aromatic heterocycles. The van der Waals surface area contributed by atoms with Crippen molar-refractivity contribution in [3.8, 4) is 0 Å². The predicted molar refractivity (Wildman–Crippen MR) is 122 cm³/mol. The molecule has 5 atom stereocenters. The number of nitrogens with one attached hydrogen (secondary N) is 3. The van der Waals surface area contributed by atoms with Crippen molar-refractivity contribution in [2.45, 2.75) is 89.6 Å². The summed E-state index contributed by atoms with van der Waals surface area (Å²) in [5.74, 6) is -4.75. The number of carboxylic acid groups (broad SMARTS) is 2. The smallest absolute Gasteiger partial charge is 0.328 e. The van der Waals surface area contributed by atoms with Crippen molar-refractivity contribution in [2.24, 2.45) is 17.4 Å². The Morgan fingerprint density at radius 3 is 1.85 bits per heavy atom. The first kappa shape index (κ1) is 31.2. The van der Waals surface area contributed by atoms with Crippen LogP contribution < -0.4 is 27.4 Å². The lowest BCUT2D eigenvalue weighted by molar-refractivity contribution is -0.145. The van der Waals surface area contributed by atoms with Crippen LogP contribution in [0.1, 0.15) is 59.3 Å². The van der Waals surface area contributed by atoms with Gasteiger partial charge >= 0.3 is 11.9 Å². The zero-order valence-electron chi connectivity index (χ0n) is 20.0. The van der Waals surface area contributed by atoms with Gasteiger partial charge in [-0.05, 0) is 51.5 Å². The number of aliphatic hydroxyl groups excluding tert-OH is 1. The topological polar surface area (TPSA) is 234 Å². The van der Waals surface area contributed by atoms with Gasteiger partial charge in [0.15, 0.2) is 6.04 Å².